The Morgan fingerprint density at radius 1 is 1.30 bits per heavy atom. The lowest BCUT2D eigenvalue weighted by atomic mass is 9.93. The summed E-state index contributed by atoms with van der Waals surface area (Å²) in [5.74, 6) is 2.38. The molecule has 0 bridgehead atoms. The SMILES string of the molecule is CC(C)NCc1nnc(C2CCOc3ccccc32)o1. The van der Waals surface area contributed by atoms with Gasteiger partial charge in [0, 0.05) is 11.6 Å². The molecule has 0 radical (unpaired) electrons. The van der Waals surface area contributed by atoms with Crippen LogP contribution in [0.3, 0.4) is 0 Å². The van der Waals surface area contributed by atoms with Gasteiger partial charge in [0.1, 0.15) is 5.75 Å². The number of nitrogens with zero attached hydrogens (tertiary/aromatic N) is 2. The third-order valence-electron chi connectivity index (χ3n) is 3.40. The monoisotopic (exact) mass is 273 g/mol. The van der Waals surface area contributed by atoms with Gasteiger partial charge in [-0.15, -0.1) is 10.2 Å². The van der Waals surface area contributed by atoms with E-state index >= 15 is 0 Å². The fourth-order valence-corrected chi connectivity index (χ4v) is 2.37. The van der Waals surface area contributed by atoms with Crippen LogP contribution in [0.4, 0.5) is 0 Å². The van der Waals surface area contributed by atoms with Gasteiger partial charge in [-0.05, 0) is 12.5 Å². The molecular formula is C15H19N3O2. The molecule has 1 N–H and O–H groups in total. The summed E-state index contributed by atoms with van der Waals surface area (Å²) >= 11 is 0. The second kappa shape index (κ2) is 5.63. The molecule has 1 atom stereocenters. The average molecular weight is 273 g/mol. The molecule has 3 rings (SSSR count). The van der Waals surface area contributed by atoms with E-state index in [2.05, 4.69) is 35.4 Å². The van der Waals surface area contributed by atoms with Crippen molar-refractivity contribution in [3.8, 4) is 5.75 Å². The largest absolute Gasteiger partial charge is 0.493 e. The van der Waals surface area contributed by atoms with Crippen LogP contribution in [0, 0.1) is 0 Å². The maximum absolute atomic E-state index is 5.79. The number of hydrogen-bond donors (Lipinski definition) is 1. The zero-order chi connectivity index (χ0) is 13.9. The second-order valence-corrected chi connectivity index (χ2v) is 5.30. The Labute approximate surface area is 118 Å². The standard InChI is InChI=1S/C15H19N3O2/c1-10(2)16-9-14-17-18-15(20-14)12-7-8-19-13-6-4-3-5-11(12)13/h3-6,10,12,16H,7-9H2,1-2H3. The molecule has 1 unspecified atom stereocenters. The van der Waals surface area contributed by atoms with Crippen LogP contribution in [0.15, 0.2) is 28.7 Å². The topological polar surface area (TPSA) is 60.2 Å². The highest BCUT2D eigenvalue weighted by Crippen LogP contribution is 2.37. The van der Waals surface area contributed by atoms with Gasteiger partial charge in [-0.3, -0.25) is 0 Å². The third kappa shape index (κ3) is 2.67. The molecule has 1 aliphatic rings. The second-order valence-electron chi connectivity index (χ2n) is 5.30. The van der Waals surface area contributed by atoms with Crippen LogP contribution in [0.25, 0.3) is 0 Å². The predicted octanol–water partition coefficient (Wildman–Crippen LogP) is 2.48. The molecule has 0 saturated carbocycles. The minimum Gasteiger partial charge on any atom is -0.493 e. The van der Waals surface area contributed by atoms with E-state index in [1.165, 1.54) is 0 Å². The Balaban J connectivity index is 1.80. The fraction of sp³-hybridized carbons (Fsp3) is 0.467. The van der Waals surface area contributed by atoms with Crippen molar-refractivity contribution in [1.29, 1.82) is 0 Å². The van der Waals surface area contributed by atoms with Crippen molar-refractivity contribution in [2.45, 2.75) is 38.8 Å². The summed E-state index contributed by atoms with van der Waals surface area (Å²) in [4.78, 5) is 0. The van der Waals surface area contributed by atoms with Crippen LogP contribution < -0.4 is 10.1 Å². The molecule has 5 heteroatoms. The summed E-state index contributed by atoms with van der Waals surface area (Å²) in [7, 11) is 0. The van der Waals surface area contributed by atoms with Gasteiger partial charge in [0.2, 0.25) is 11.8 Å². The van der Waals surface area contributed by atoms with E-state index in [9.17, 15) is 0 Å². The van der Waals surface area contributed by atoms with Crippen LogP contribution in [0.5, 0.6) is 5.75 Å². The van der Waals surface area contributed by atoms with Crippen molar-refractivity contribution in [3.63, 3.8) is 0 Å². The van der Waals surface area contributed by atoms with Crippen molar-refractivity contribution in [3.05, 3.63) is 41.6 Å². The third-order valence-corrected chi connectivity index (χ3v) is 3.40. The summed E-state index contributed by atoms with van der Waals surface area (Å²) in [6.07, 6.45) is 0.871. The van der Waals surface area contributed by atoms with Gasteiger partial charge in [-0.2, -0.15) is 0 Å². The Morgan fingerprint density at radius 2 is 2.15 bits per heavy atom. The molecule has 2 heterocycles. The van der Waals surface area contributed by atoms with Crippen LogP contribution in [-0.4, -0.2) is 22.8 Å². The molecule has 1 aromatic heterocycles. The molecule has 1 aromatic carbocycles. The number of para-hydroxylation sites is 1. The molecule has 0 spiro atoms. The van der Waals surface area contributed by atoms with Crippen LogP contribution >= 0.6 is 0 Å². The number of nitrogens with one attached hydrogen (secondary N) is 1. The summed E-state index contributed by atoms with van der Waals surface area (Å²) in [6.45, 7) is 5.47. The molecule has 0 amide bonds. The van der Waals surface area contributed by atoms with E-state index in [0.29, 0.717) is 31.0 Å². The first-order valence-electron chi connectivity index (χ1n) is 7.01. The minimum atomic E-state index is 0.139. The number of hydrogen-bond acceptors (Lipinski definition) is 5. The van der Waals surface area contributed by atoms with E-state index < -0.39 is 0 Å². The number of rotatable bonds is 4. The fourth-order valence-electron chi connectivity index (χ4n) is 2.37. The molecule has 0 fully saturated rings. The van der Waals surface area contributed by atoms with Gasteiger partial charge in [0.25, 0.3) is 0 Å². The smallest absolute Gasteiger partial charge is 0.230 e. The predicted molar refractivity (Wildman–Crippen MR) is 74.7 cm³/mol. The van der Waals surface area contributed by atoms with Crippen molar-refractivity contribution in [2.75, 3.05) is 6.61 Å². The summed E-state index contributed by atoms with van der Waals surface area (Å²) < 4.78 is 11.4. The normalized spacial score (nSPS) is 17.9. The summed E-state index contributed by atoms with van der Waals surface area (Å²) in [5.41, 5.74) is 1.13. The number of aromatic nitrogens is 2. The highest BCUT2D eigenvalue weighted by Gasteiger charge is 2.27. The zero-order valence-electron chi connectivity index (χ0n) is 11.8. The number of benzene rings is 1. The van der Waals surface area contributed by atoms with Gasteiger partial charge in [-0.25, -0.2) is 0 Å². The maximum atomic E-state index is 5.79. The molecule has 20 heavy (non-hydrogen) atoms. The summed E-state index contributed by atoms with van der Waals surface area (Å²) in [5, 5.41) is 11.6. The van der Waals surface area contributed by atoms with E-state index in [-0.39, 0.29) is 5.92 Å². The van der Waals surface area contributed by atoms with Gasteiger partial charge in [0.15, 0.2) is 0 Å². The first-order chi connectivity index (χ1) is 9.74. The van der Waals surface area contributed by atoms with E-state index in [1.807, 2.05) is 18.2 Å². The number of fused-ring (bicyclic) bond motifs is 1. The highest BCUT2D eigenvalue weighted by atomic mass is 16.5. The van der Waals surface area contributed by atoms with Gasteiger partial charge < -0.3 is 14.5 Å². The first kappa shape index (κ1) is 13.1. The molecule has 0 aliphatic carbocycles. The highest BCUT2D eigenvalue weighted by molar-refractivity contribution is 5.40. The first-order valence-corrected chi connectivity index (χ1v) is 7.01. The Hall–Kier alpha value is -1.88. The maximum Gasteiger partial charge on any atom is 0.230 e. The number of ether oxygens (including phenoxy) is 1. The lowest BCUT2D eigenvalue weighted by Gasteiger charge is -2.23. The minimum absolute atomic E-state index is 0.139. The molecule has 2 aromatic rings. The van der Waals surface area contributed by atoms with E-state index in [1.54, 1.807) is 0 Å². The quantitative estimate of drug-likeness (QED) is 0.927. The van der Waals surface area contributed by atoms with Crippen molar-refractivity contribution in [2.24, 2.45) is 0 Å². The van der Waals surface area contributed by atoms with Crippen LogP contribution in [0.1, 0.15) is 43.5 Å². The van der Waals surface area contributed by atoms with E-state index in [0.717, 1.165) is 17.7 Å². The van der Waals surface area contributed by atoms with Crippen LogP contribution in [0.2, 0.25) is 0 Å². The molecule has 106 valence electrons. The van der Waals surface area contributed by atoms with Gasteiger partial charge >= 0.3 is 0 Å². The summed E-state index contributed by atoms with van der Waals surface area (Å²) in [6, 6.07) is 8.44. The molecular weight excluding hydrogens is 254 g/mol. The van der Waals surface area contributed by atoms with Crippen molar-refractivity contribution < 1.29 is 9.15 Å². The molecule has 5 nitrogen and oxygen atoms in total. The van der Waals surface area contributed by atoms with Gasteiger partial charge in [0.05, 0.1) is 19.1 Å². The van der Waals surface area contributed by atoms with Crippen LogP contribution in [-0.2, 0) is 6.54 Å². The lowest BCUT2D eigenvalue weighted by molar-refractivity contribution is 0.263. The Morgan fingerprint density at radius 3 is 3.00 bits per heavy atom. The molecule has 0 saturated heterocycles. The Bertz CT molecular complexity index is 580. The molecule has 1 aliphatic heterocycles. The average Bonchev–Trinajstić information content (AvgIpc) is 2.93. The van der Waals surface area contributed by atoms with Gasteiger partial charge in [-0.1, -0.05) is 32.0 Å². The van der Waals surface area contributed by atoms with Crippen molar-refractivity contribution in [1.82, 2.24) is 15.5 Å². The van der Waals surface area contributed by atoms with Crippen molar-refractivity contribution >= 4 is 0 Å². The zero-order valence-corrected chi connectivity index (χ0v) is 11.8. The lowest BCUT2D eigenvalue weighted by Crippen LogP contribution is -2.21. The Kier molecular flexibility index (Phi) is 3.69. The van der Waals surface area contributed by atoms with E-state index in [4.69, 9.17) is 9.15 Å².